The van der Waals surface area contributed by atoms with Crippen LogP contribution in [0.25, 0.3) is 0 Å². The molecule has 5 heteroatoms. The van der Waals surface area contributed by atoms with Crippen molar-refractivity contribution in [2.45, 2.75) is 38.0 Å². The molecule has 1 atom stereocenters. The molecular weight excluding hydrogens is 254 g/mol. The molecule has 1 heterocycles. The van der Waals surface area contributed by atoms with E-state index >= 15 is 0 Å². The van der Waals surface area contributed by atoms with Gasteiger partial charge in [0, 0.05) is 16.0 Å². The standard InChI is InChI=1S/C12H21NO2S2/c1-6-9-7-8-10(16-9)11(13-4)12(2,3)17(5,14)15/h7-8,11,13H,6H2,1-5H3. The summed E-state index contributed by atoms with van der Waals surface area (Å²) in [5.41, 5.74) is 0. The van der Waals surface area contributed by atoms with Crippen molar-refractivity contribution in [2.24, 2.45) is 0 Å². The van der Waals surface area contributed by atoms with Gasteiger partial charge in [0.15, 0.2) is 9.84 Å². The third-order valence-electron chi connectivity index (χ3n) is 3.25. The average Bonchev–Trinajstić information content (AvgIpc) is 2.65. The van der Waals surface area contributed by atoms with Gasteiger partial charge in [-0.05, 0) is 39.4 Å². The van der Waals surface area contributed by atoms with E-state index in [1.54, 1.807) is 25.2 Å². The van der Waals surface area contributed by atoms with E-state index in [2.05, 4.69) is 18.3 Å². The van der Waals surface area contributed by atoms with Crippen LogP contribution in [0.15, 0.2) is 12.1 Å². The maximum Gasteiger partial charge on any atom is 0.154 e. The summed E-state index contributed by atoms with van der Waals surface area (Å²) in [5, 5.41) is 3.13. The summed E-state index contributed by atoms with van der Waals surface area (Å²) in [4.78, 5) is 2.37. The highest BCUT2D eigenvalue weighted by atomic mass is 32.2. The van der Waals surface area contributed by atoms with Gasteiger partial charge in [0.25, 0.3) is 0 Å². The summed E-state index contributed by atoms with van der Waals surface area (Å²) in [7, 11) is -1.31. The minimum absolute atomic E-state index is 0.164. The number of nitrogens with one attached hydrogen (secondary N) is 1. The Morgan fingerprint density at radius 3 is 2.35 bits per heavy atom. The number of hydrogen-bond acceptors (Lipinski definition) is 4. The van der Waals surface area contributed by atoms with E-state index in [0.29, 0.717) is 0 Å². The summed E-state index contributed by atoms with van der Waals surface area (Å²) in [6.07, 6.45) is 2.28. The van der Waals surface area contributed by atoms with Crippen molar-refractivity contribution in [1.82, 2.24) is 5.32 Å². The van der Waals surface area contributed by atoms with Crippen molar-refractivity contribution >= 4 is 21.2 Å². The Labute approximate surface area is 108 Å². The van der Waals surface area contributed by atoms with Gasteiger partial charge in [-0.25, -0.2) is 8.42 Å². The van der Waals surface area contributed by atoms with E-state index in [1.165, 1.54) is 11.1 Å². The third-order valence-corrected chi connectivity index (χ3v) is 6.70. The molecule has 0 saturated heterocycles. The monoisotopic (exact) mass is 275 g/mol. The first kappa shape index (κ1) is 14.7. The fourth-order valence-corrected chi connectivity index (χ4v) is 3.78. The first-order chi connectivity index (χ1) is 7.74. The molecule has 3 nitrogen and oxygen atoms in total. The molecule has 0 aliphatic carbocycles. The number of rotatable bonds is 5. The van der Waals surface area contributed by atoms with E-state index < -0.39 is 14.6 Å². The topological polar surface area (TPSA) is 46.2 Å². The molecule has 0 aliphatic heterocycles. The predicted octanol–water partition coefficient (Wildman–Crippen LogP) is 2.39. The molecule has 1 N–H and O–H groups in total. The highest BCUT2D eigenvalue weighted by molar-refractivity contribution is 7.92. The van der Waals surface area contributed by atoms with Gasteiger partial charge in [-0.2, -0.15) is 0 Å². The molecule has 0 radical (unpaired) electrons. The van der Waals surface area contributed by atoms with Crippen LogP contribution in [0.1, 0.15) is 36.6 Å². The number of sulfone groups is 1. The quantitative estimate of drug-likeness (QED) is 0.897. The van der Waals surface area contributed by atoms with Gasteiger partial charge in [0.05, 0.1) is 10.8 Å². The second kappa shape index (κ2) is 5.08. The van der Waals surface area contributed by atoms with Gasteiger partial charge in [-0.1, -0.05) is 6.92 Å². The van der Waals surface area contributed by atoms with Crippen LogP contribution >= 0.6 is 11.3 Å². The lowest BCUT2D eigenvalue weighted by molar-refractivity contribution is 0.451. The van der Waals surface area contributed by atoms with Gasteiger partial charge in [0.2, 0.25) is 0 Å². The van der Waals surface area contributed by atoms with E-state index in [0.717, 1.165) is 11.3 Å². The molecule has 0 aromatic carbocycles. The van der Waals surface area contributed by atoms with Crippen LogP contribution in [0.5, 0.6) is 0 Å². The molecule has 0 fully saturated rings. The fraction of sp³-hybridized carbons (Fsp3) is 0.667. The highest BCUT2D eigenvalue weighted by Gasteiger charge is 2.39. The maximum absolute atomic E-state index is 11.9. The van der Waals surface area contributed by atoms with Crippen LogP contribution in [0.2, 0.25) is 0 Å². The molecule has 98 valence electrons. The first-order valence-electron chi connectivity index (χ1n) is 5.69. The normalized spacial score (nSPS) is 14.9. The highest BCUT2D eigenvalue weighted by Crippen LogP contribution is 2.35. The minimum Gasteiger partial charge on any atom is -0.311 e. The van der Waals surface area contributed by atoms with Crippen molar-refractivity contribution in [1.29, 1.82) is 0 Å². The van der Waals surface area contributed by atoms with Gasteiger partial charge in [-0.3, -0.25) is 0 Å². The smallest absolute Gasteiger partial charge is 0.154 e. The lowest BCUT2D eigenvalue weighted by Crippen LogP contribution is -2.43. The van der Waals surface area contributed by atoms with Crippen LogP contribution in [-0.2, 0) is 16.3 Å². The summed E-state index contributed by atoms with van der Waals surface area (Å²) in [6, 6.07) is 3.93. The van der Waals surface area contributed by atoms with E-state index in [1.807, 2.05) is 13.1 Å². The minimum atomic E-state index is -3.12. The van der Waals surface area contributed by atoms with Crippen molar-refractivity contribution in [3.05, 3.63) is 21.9 Å². The number of thiophene rings is 1. The second-order valence-corrected chi connectivity index (χ2v) is 8.55. The van der Waals surface area contributed by atoms with Crippen LogP contribution in [0.4, 0.5) is 0 Å². The lowest BCUT2D eigenvalue weighted by Gasteiger charge is -2.31. The zero-order valence-corrected chi connectivity index (χ0v) is 12.7. The predicted molar refractivity (Wildman–Crippen MR) is 74.4 cm³/mol. The Morgan fingerprint density at radius 1 is 1.41 bits per heavy atom. The van der Waals surface area contributed by atoms with Crippen LogP contribution in [0, 0.1) is 0 Å². The summed E-state index contributed by atoms with van der Waals surface area (Å²) >= 11 is 1.68. The van der Waals surface area contributed by atoms with Crippen LogP contribution in [0.3, 0.4) is 0 Å². The van der Waals surface area contributed by atoms with Gasteiger partial charge in [0.1, 0.15) is 0 Å². The molecule has 1 unspecified atom stereocenters. The lowest BCUT2D eigenvalue weighted by atomic mass is 10.0. The summed E-state index contributed by atoms with van der Waals surface area (Å²) in [5.74, 6) is 0. The molecular formula is C12H21NO2S2. The molecule has 17 heavy (non-hydrogen) atoms. The van der Waals surface area contributed by atoms with Crippen LogP contribution < -0.4 is 5.32 Å². The molecule has 1 aromatic rings. The zero-order valence-electron chi connectivity index (χ0n) is 11.1. The zero-order chi connectivity index (χ0) is 13.3. The molecule has 0 aliphatic rings. The first-order valence-corrected chi connectivity index (χ1v) is 8.40. The Morgan fingerprint density at radius 2 is 2.00 bits per heavy atom. The van der Waals surface area contributed by atoms with Gasteiger partial charge in [-0.15, -0.1) is 11.3 Å². The SMILES string of the molecule is CCc1ccc(C(NC)C(C)(C)S(C)(=O)=O)s1. The van der Waals surface area contributed by atoms with Crippen molar-refractivity contribution in [3.8, 4) is 0 Å². The van der Waals surface area contributed by atoms with Gasteiger partial charge < -0.3 is 5.32 Å². The van der Waals surface area contributed by atoms with Crippen molar-refractivity contribution in [3.63, 3.8) is 0 Å². The molecule has 0 bridgehead atoms. The maximum atomic E-state index is 11.9. The Hall–Kier alpha value is -0.390. The summed E-state index contributed by atoms with van der Waals surface area (Å²) in [6.45, 7) is 5.65. The van der Waals surface area contributed by atoms with E-state index in [-0.39, 0.29) is 6.04 Å². The van der Waals surface area contributed by atoms with Crippen molar-refractivity contribution < 1.29 is 8.42 Å². The van der Waals surface area contributed by atoms with Crippen molar-refractivity contribution in [2.75, 3.05) is 13.3 Å². The Bertz CT molecular complexity index is 474. The summed E-state index contributed by atoms with van der Waals surface area (Å²) < 4.78 is 22.9. The Balaban J connectivity index is 3.16. The third kappa shape index (κ3) is 2.89. The Kier molecular flexibility index (Phi) is 4.38. The van der Waals surface area contributed by atoms with Crippen LogP contribution in [-0.4, -0.2) is 26.5 Å². The molecule has 1 rings (SSSR count). The number of hydrogen-bond donors (Lipinski definition) is 1. The average molecular weight is 275 g/mol. The van der Waals surface area contributed by atoms with Gasteiger partial charge >= 0.3 is 0 Å². The fourth-order valence-electron chi connectivity index (χ4n) is 1.79. The molecule has 0 saturated carbocycles. The molecule has 0 amide bonds. The second-order valence-electron chi connectivity index (χ2n) is 4.75. The molecule has 1 aromatic heterocycles. The van der Waals surface area contributed by atoms with E-state index in [9.17, 15) is 8.42 Å². The van der Waals surface area contributed by atoms with E-state index in [4.69, 9.17) is 0 Å². The number of aryl methyl sites for hydroxylation is 1. The largest absolute Gasteiger partial charge is 0.311 e. The molecule has 0 spiro atoms.